The molecular weight excluding hydrogens is 241 g/mol. The minimum absolute atomic E-state index is 0.816. The second-order valence-electron chi connectivity index (χ2n) is 2.22. The molecule has 0 aromatic heterocycles. The highest BCUT2D eigenvalue weighted by Crippen LogP contribution is 2.49. The van der Waals surface area contributed by atoms with Crippen LogP contribution in [0.25, 0.3) is 0 Å². The van der Waals surface area contributed by atoms with Crippen molar-refractivity contribution in [3.8, 4) is 0 Å². The molecule has 0 heterocycles. The van der Waals surface area contributed by atoms with E-state index < -0.39 is 34.3 Å². The summed E-state index contributed by atoms with van der Waals surface area (Å²) in [6, 6.07) is 0. The number of alkyl halides is 7. The Morgan fingerprint density at radius 2 is 1.36 bits per heavy atom. The molecule has 0 fully saturated rings. The normalized spacial score (nSPS) is 16.9. The maximum absolute atomic E-state index is 12.3. The molecule has 1 nitrogen and oxygen atoms in total. The van der Waals surface area contributed by atoms with Crippen molar-refractivity contribution in [1.29, 1.82) is 0 Å². The van der Waals surface area contributed by atoms with Gasteiger partial charge in [-0.3, -0.25) is 0 Å². The fraction of sp³-hybridized carbons (Fsp3) is 1.00. The maximum atomic E-state index is 12.3. The van der Waals surface area contributed by atoms with E-state index in [1.54, 1.807) is 0 Å². The van der Waals surface area contributed by atoms with Crippen LogP contribution in [0.15, 0.2) is 0 Å². The molecule has 0 amide bonds. The van der Waals surface area contributed by atoms with E-state index >= 15 is 0 Å². The van der Waals surface area contributed by atoms with E-state index in [9.17, 15) is 35.3 Å². The van der Waals surface area contributed by atoms with Crippen molar-refractivity contribution in [3.05, 3.63) is 0 Å². The van der Waals surface area contributed by atoms with E-state index in [4.69, 9.17) is 0 Å². The standard InChI is InChI=1S/C5H5F7OS/c1-2-14(13)5(11,12)3(6,7)4(8,9)10/h2H2,1H3. The SMILES string of the molecule is CC[S+]([O-])C(F)(F)C(F)(F)C(F)(F)F. The molecular formula is C5H5F7OS. The Hall–Kier alpha value is -0.180. The van der Waals surface area contributed by atoms with E-state index in [1.165, 1.54) is 0 Å². The van der Waals surface area contributed by atoms with Crippen molar-refractivity contribution in [2.75, 3.05) is 5.75 Å². The molecule has 0 aromatic carbocycles. The molecule has 0 saturated heterocycles. The predicted molar refractivity (Wildman–Crippen MR) is 34.6 cm³/mol. The highest BCUT2D eigenvalue weighted by Gasteiger charge is 2.79. The first kappa shape index (κ1) is 13.8. The predicted octanol–water partition coefficient (Wildman–Crippen LogP) is 2.55. The van der Waals surface area contributed by atoms with Crippen molar-refractivity contribution in [2.45, 2.75) is 24.3 Å². The Morgan fingerprint density at radius 3 is 1.57 bits per heavy atom. The summed E-state index contributed by atoms with van der Waals surface area (Å²) in [5.41, 5.74) is 0. The lowest BCUT2D eigenvalue weighted by atomic mass is 10.3. The lowest BCUT2D eigenvalue weighted by Gasteiger charge is -2.28. The van der Waals surface area contributed by atoms with Crippen LogP contribution in [0.4, 0.5) is 30.7 Å². The highest BCUT2D eigenvalue weighted by atomic mass is 32.2. The van der Waals surface area contributed by atoms with Crippen LogP contribution in [0.1, 0.15) is 6.92 Å². The molecule has 0 aromatic rings. The summed E-state index contributed by atoms with van der Waals surface area (Å²) in [6.07, 6.45) is -6.42. The first-order chi connectivity index (χ1) is 5.98. The van der Waals surface area contributed by atoms with Crippen LogP contribution < -0.4 is 0 Å². The lowest BCUT2D eigenvalue weighted by Crippen LogP contribution is -2.56. The summed E-state index contributed by atoms with van der Waals surface area (Å²) in [6.45, 7) is 0.816. The van der Waals surface area contributed by atoms with Crippen LogP contribution in [-0.2, 0) is 11.2 Å². The molecule has 0 aliphatic rings. The maximum Gasteiger partial charge on any atom is 0.480 e. The zero-order valence-corrected chi connectivity index (χ0v) is 7.49. The van der Waals surface area contributed by atoms with Crippen LogP contribution in [0.3, 0.4) is 0 Å². The average Bonchev–Trinajstić information content (AvgIpc) is 2.00. The van der Waals surface area contributed by atoms with Gasteiger partial charge in [0, 0.05) is 11.2 Å². The van der Waals surface area contributed by atoms with Crippen LogP contribution in [0.5, 0.6) is 0 Å². The molecule has 86 valence electrons. The summed E-state index contributed by atoms with van der Waals surface area (Å²) in [4.78, 5) is 0. The average molecular weight is 246 g/mol. The zero-order chi connectivity index (χ0) is 11.8. The largest absolute Gasteiger partial charge is 0.611 e. The fourth-order valence-electron chi connectivity index (χ4n) is 0.489. The van der Waals surface area contributed by atoms with Gasteiger partial charge in [0.15, 0.2) is 0 Å². The smallest absolute Gasteiger partial charge is 0.480 e. The third kappa shape index (κ3) is 2.08. The molecule has 9 heteroatoms. The summed E-state index contributed by atoms with van der Waals surface area (Å²) in [7, 11) is 0. The topological polar surface area (TPSA) is 23.1 Å². The van der Waals surface area contributed by atoms with Crippen LogP contribution in [-0.4, -0.2) is 27.7 Å². The Bertz CT molecular complexity index is 201. The Balaban J connectivity index is 5.07. The monoisotopic (exact) mass is 246 g/mol. The van der Waals surface area contributed by atoms with Gasteiger partial charge in [-0.15, -0.1) is 8.78 Å². The summed E-state index contributed by atoms with van der Waals surface area (Å²) >= 11 is -3.56. The van der Waals surface area contributed by atoms with Gasteiger partial charge in [-0.25, -0.2) is 0 Å². The molecule has 0 aliphatic carbocycles. The Kier molecular flexibility index (Phi) is 3.71. The molecule has 0 saturated carbocycles. The van der Waals surface area contributed by atoms with Gasteiger partial charge >= 0.3 is 17.4 Å². The molecule has 1 atom stereocenters. The van der Waals surface area contributed by atoms with Crippen molar-refractivity contribution >= 4 is 11.2 Å². The highest BCUT2D eigenvalue weighted by molar-refractivity contribution is 7.92. The summed E-state index contributed by atoms with van der Waals surface area (Å²) < 4.78 is 93.5. The van der Waals surface area contributed by atoms with E-state index in [2.05, 4.69) is 0 Å². The van der Waals surface area contributed by atoms with Crippen LogP contribution in [0, 0.1) is 0 Å². The van der Waals surface area contributed by atoms with Crippen molar-refractivity contribution in [2.24, 2.45) is 0 Å². The molecule has 1 unspecified atom stereocenters. The third-order valence-electron chi connectivity index (χ3n) is 1.27. The summed E-state index contributed by atoms with van der Waals surface area (Å²) in [5, 5.41) is -5.60. The van der Waals surface area contributed by atoms with E-state index in [1.807, 2.05) is 0 Å². The van der Waals surface area contributed by atoms with Gasteiger partial charge in [-0.05, 0) is 6.92 Å². The van der Waals surface area contributed by atoms with E-state index in [0.717, 1.165) is 6.92 Å². The minimum Gasteiger partial charge on any atom is -0.611 e. The Labute approximate surface area is 77.5 Å². The molecule has 0 rings (SSSR count). The van der Waals surface area contributed by atoms with Crippen molar-refractivity contribution < 1.29 is 35.3 Å². The minimum atomic E-state index is -6.42. The van der Waals surface area contributed by atoms with Gasteiger partial charge in [0.2, 0.25) is 0 Å². The number of hydrogen-bond acceptors (Lipinski definition) is 1. The molecule has 0 bridgehead atoms. The summed E-state index contributed by atoms with van der Waals surface area (Å²) in [5.74, 6) is -7.26. The van der Waals surface area contributed by atoms with Crippen molar-refractivity contribution in [3.63, 3.8) is 0 Å². The first-order valence-corrected chi connectivity index (χ1v) is 4.51. The van der Waals surface area contributed by atoms with Gasteiger partial charge in [0.25, 0.3) is 0 Å². The Morgan fingerprint density at radius 1 is 1.00 bits per heavy atom. The quantitative estimate of drug-likeness (QED) is 0.554. The van der Waals surface area contributed by atoms with Gasteiger partial charge in [-0.2, -0.15) is 22.0 Å². The third-order valence-corrected chi connectivity index (χ3v) is 2.62. The number of rotatable bonds is 3. The fourth-order valence-corrected chi connectivity index (χ4v) is 1.25. The van der Waals surface area contributed by atoms with Gasteiger partial charge in [-0.1, -0.05) is 0 Å². The first-order valence-electron chi connectivity index (χ1n) is 3.19. The molecule has 0 aliphatic heterocycles. The van der Waals surface area contributed by atoms with Crippen molar-refractivity contribution in [1.82, 2.24) is 0 Å². The van der Waals surface area contributed by atoms with E-state index in [0.29, 0.717) is 0 Å². The molecule has 0 spiro atoms. The van der Waals surface area contributed by atoms with Gasteiger partial charge < -0.3 is 4.55 Å². The zero-order valence-electron chi connectivity index (χ0n) is 6.67. The lowest BCUT2D eigenvalue weighted by molar-refractivity contribution is -0.332. The molecule has 0 radical (unpaired) electrons. The van der Waals surface area contributed by atoms with Gasteiger partial charge in [0.05, 0.1) is 0 Å². The van der Waals surface area contributed by atoms with Gasteiger partial charge in [0.1, 0.15) is 5.75 Å². The van der Waals surface area contributed by atoms with Crippen LogP contribution in [0.2, 0.25) is 0 Å². The second kappa shape index (κ2) is 3.76. The second-order valence-corrected chi connectivity index (χ2v) is 4.00. The van der Waals surface area contributed by atoms with E-state index in [-0.39, 0.29) is 0 Å². The number of halogens is 7. The molecule has 14 heavy (non-hydrogen) atoms. The number of hydrogen-bond donors (Lipinski definition) is 0. The van der Waals surface area contributed by atoms with Crippen LogP contribution >= 0.6 is 0 Å². The molecule has 0 N–H and O–H groups in total.